The topological polar surface area (TPSA) is 68.0 Å². The van der Waals surface area contributed by atoms with Gasteiger partial charge in [-0.25, -0.2) is 10.8 Å². The first kappa shape index (κ1) is 8.89. The van der Waals surface area contributed by atoms with Crippen molar-refractivity contribution in [3.05, 3.63) is 28.8 Å². The highest BCUT2D eigenvalue weighted by molar-refractivity contribution is 6.30. The second-order valence-corrected chi connectivity index (χ2v) is 2.40. The Balaban J connectivity index is 3.13. The van der Waals surface area contributed by atoms with E-state index in [2.05, 4.69) is 4.98 Å². The first-order valence-electron chi connectivity index (χ1n) is 2.97. The van der Waals surface area contributed by atoms with E-state index in [4.69, 9.17) is 17.4 Å². The molecule has 0 saturated carbocycles. The Morgan fingerprint density at radius 2 is 2.42 bits per heavy atom. The Hall–Kier alpha value is -1.20. The van der Waals surface area contributed by atoms with Gasteiger partial charge in [0.2, 0.25) is 5.95 Å². The molecule has 0 saturated heterocycles. The molecule has 1 aromatic heterocycles. The molecule has 0 aliphatic carbocycles. The standard InChI is InChI=1S/C6H5ClFN3O/c7-3-1-4(6(12)11-9)5(8)10-2-3/h1-2H,9H2,(H,11,12). The third-order valence-electron chi connectivity index (χ3n) is 1.18. The van der Waals surface area contributed by atoms with Crippen LogP contribution in [0.4, 0.5) is 4.39 Å². The number of carbonyl (C=O) groups is 1. The number of pyridine rings is 1. The molecule has 1 aromatic rings. The number of carbonyl (C=O) groups excluding carboxylic acids is 1. The first-order valence-corrected chi connectivity index (χ1v) is 3.35. The minimum absolute atomic E-state index is 0.176. The second-order valence-electron chi connectivity index (χ2n) is 1.97. The zero-order valence-electron chi connectivity index (χ0n) is 5.84. The molecule has 1 rings (SSSR count). The predicted molar refractivity (Wildman–Crippen MR) is 40.9 cm³/mol. The van der Waals surface area contributed by atoms with Gasteiger partial charge in [0.25, 0.3) is 5.91 Å². The number of nitrogens with one attached hydrogen (secondary N) is 1. The summed E-state index contributed by atoms with van der Waals surface area (Å²) < 4.78 is 12.7. The lowest BCUT2D eigenvalue weighted by molar-refractivity contribution is 0.0948. The van der Waals surface area contributed by atoms with E-state index in [0.29, 0.717) is 0 Å². The first-order chi connectivity index (χ1) is 5.65. The molecule has 0 aliphatic heterocycles. The number of rotatable bonds is 1. The van der Waals surface area contributed by atoms with Gasteiger partial charge in [0.15, 0.2) is 0 Å². The van der Waals surface area contributed by atoms with Crippen LogP contribution in [0, 0.1) is 5.95 Å². The molecule has 6 heteroatoms. The number of hydrogen-bond donors (Lipinski definition) is 2. The highest BCUT2D eigenvalue weighted by Gasteiger charge is 2.11. The minimum atomic E-state index is -0.901. The van der Waals surface area contributed by atoms with E-state index in [9.17, 15) is 9.18 Å². The minimum Gasteiger partial charge on any atom is -0.290 e. The number of nitrogens with zero attached hydrogens (tertiary/aromatic N) is 1. The van der Waals surface area contributed by atoms with Gasteiger partial charge in [0.1, 0.15) is 0 Å². The van der Waals surface area contributed by atoms with Crippen molar-refractivity contribution in [2.45, 2.75) is 0 Å². The Morgan fingerprint density at radius 1 is 1.75 bits per heavy atom. The normalized spacial score (nSPS) is 9.58. The fourth-order valence-electron chi connectivity index (χ4n) is 0.660. The van der Waals surface area contributed by atoms with Crippen LogP contribution in [0.3, 0.4) is 0 Å². The molecule has 1 amide bonds. The van der Waals surface area contributed by atoms with E-state index < -0.39 is 11.9 Å². The Kier molecular flexibility index (Phi) is 2.57. The SMILES string of the molecule is NNC(=O)c1cc(Cl)cnc1F. The Bertz CT molecular complexity index is 318. The van der Waals surface area contributed by atoms with Crippen LogP contribution >= 0.6 is 11.6 Å². The number of nitrogens with two attached hydrogens (primary N) is 1. The van der Waals surface area contributed by atoms with Crippen molar-refractivity contribution in [1.82, 2.24) is 10.4 Å². The third-order valence-corrected chi connectivity index (χ3v) is 1.39. The molecule has 3 N–H and O–H groups in total. The van der Waals surface area contributed by atoms with Gasteiger partial charge in [-0.3, -0.25) is 10.2 Å². The molecule has 0 aromatic carbocycles. The summed E-state index contributed by atoms with van der Waals surface area (Å²) in [5.41, 5.74) is 1.50. The lowest BCUT2D eigenvalue weighted by Gasteiger charge is -1.99. The van der Waals surface area contributed by atoms with Crippen LogP contribution in [-0.2, 0) is 0 Å². The summed E-state index contributed by atoms with van der Waals surface area (Å²) in [5.74, 6) is 3.12. The molecule has 0 unspecified atom stereocenters. The quantitative estimate of drug-likeness (QED) is 0.292. The van der Waals surface area contributed by atoms with Crippen LogP contribution in [0.2, 0.25) is 5.02 Å². The zero-order valence-corrected chi connectivity index (χ0v) is 6.60. The van der Waals surface area contributed by atoms with E-state index in [1.54, 1.807) is 5.43 Å². The van der Waals surface area contributed by atoms with Crippen LogP contribution in [0.25, 0.3) is 0 Å². The number of hydrogen-bond acceptors (Lipinski definition) is 3. The van der Waals surface area contributed by atoms with Crippen LogP contribution < -0.4 is 11.3 Å². The molecule has 12 heavy (non-hydrogen) atoms. The smallest absolute Gasteiger partial charge is 0.269 e. The number of halogens is 2. The lowest BCUT2D eigenvalue weighted by Crippen LogP contribution is -2.30. The van der Waals surface area contributed by atoms with Gasteiger partial charge in [0.05, 0.1) is 10.6 Å². The van der Waals surface area contributed by atoms with E-state index in [-0.39, 0.29) is 10.6 Å². The molecule has 0 fully saturated rings. The van der Waals surface area contributed by atoms with Crippen molar-refractivity contribution in [3.63, 3.8) is 0 Å². The van der Waals surface area contributed by atoms with Gasteiger partial charge in [-0.15, -0.1) is 0 Å². The Labute approximate surface area is 72.5 Å². The fourth-order valence-corrected chi connectivity index (χ4v) is 0.817. The molecule has 64 valence electrons. The molecule has 0 radical (unpaired) electrons. The van der Waals surface area contributed by atoms with E-state index >= 15 is 0 Å². The van der Waals surface area contributed by atoms with Gasteiger partial charge in [-0.1, -0.05) is 11.6 Å². The largest absolute Gasteiger partial charge is 0.290 e. The molecule has 0 aliphatic rings. The number of amides is 1. The van der Waals surface area contributed by atoms with Gasteiger partial charge in [0, 0.05) is 6.20 Å². The monoisotopic (exact) mass is 189 g/mol. The maximum Gasteiger partial charge on any atom is 0.269 e. The summed E-state index contributed by atoms with van der Waals surface area (Å²) >= 11 is 5.47. The number of nitrogen functional groups attached to an aromatic ring is 1. The van der Waals surface area contributed by atoms with Crippen LogP contribution in [-0.4, -0.2) is 10.9 Å². The molecule has 0 atom stereocenters. The second kappa shape index (κ2) is 3.46. The summed E-state index contributed by atoms with van der Waals surface area (Å²) in [5, 5.41) is 0.176. The van der Waals surface area contributed by atoms with Crippen molar-refractivity contribution < 1.29 is 9.18 Å². The molecular formula is C6H5ClFN3O. The van der Waals surface area contributed by atoms with Gasteiger partial charge < -0.3 is 0 Å². The fraction of sp³-hybridized carbons (Fsp3) is 0. The number of hydrazine groups is 1. The van der Waals surface area contributed by atoms with Crippen molar-refractivity contribution in [1.29, 1.82) is 0 Å². The average Bonchev–Trinajstić information content (AvgIpc) is 2.08. The van der Waals surface area contributed by atoms with Gasteiger partial charge >= 0.3 is 0 Å². The summed E-state index contributed by atoms with van der Waals surface area (Å²) in [6.45, 7) is 0. The maximum atomic E-state index is 12.7. The zero-order chi connectivity index (χ0) is 9.14. The third kappa shape index (κ3) is 1.69. The van der Waals surface area contributed by atoms with Crippen molar-refractivity contribution in [2.24, 2.45) is 5.84 Å². The van der Waals surface area contributed by atoms with E-state index in [1.165, 1.54) is 0 Å². The summed E-state index contributed by atoms with van der Waals surface area (Å²) in [6.07, 6.45) is 1.10. The van der Waals surface area contributed by atoms with Crippen molar-refractivity contribution in [3.8, 4) is 0 Å². The van der Waals surface area contributed by atoms with E-state index in [1.807, 2.05) is 0 Å². The highest BCUT2D eigenvalue weighted by atomic mass is 35.5. The van der Waals surface area contributed by atoms with Crippen molar-refractivity contribution in [2.75, 3.05) is 0 Å². The molecule has 4 nitrogen and oxygen atoms in total. The van der Waals surface area contributed by atoms with Crippen LogP contribution in [0.15, 0.2) is 12.3 Å². The highest BCUT2D eigenvalue weighted by Crippen LogP contribution is 2.11. The lowest BCUT2D eigenvalue weighted by atomic mass is 10.3. The van der Waals surface area contributed by atoms with Crippen molar-refractivity contribution >= 4 is 17.5 Å². The molecule has 1 heterocycles. The summed E-state index contributed by atoms with van der Waals surface area (Å²) in [6, 6.07) is 1.14. The molecule has 0 bridgehead atoms. The van der Waals surface area contributed by atoms with Crippen LogP contribution in [0.1, 0.15) is 10.4 Å². The predicted octanol–water partition coefficient (Wildman–Crippen LogP) is 0.478. The van der Waals surface area contributed by atoms with Crippen LogP contribution in [0.5, 0.6) is 0 Å². The number of aromatic nitrogens is 1. The molecular weight excluding hydrogens is 185 g/mol. The van der Waals surface area contributed by atoms with Gasteiger partial charge in [-0.2, -0.15) is 4.39 Å². The summed E-state index contributed by atoms with van der Waals surface area (Å²) in [7, 11) is 0. The van der Waals surface area contributed by atoms with Gasteiger partial charge in [-0.05, 0) is 6.07 Å². The maximum absolute atomic E-state index is 12.7. The summed E-state index contributed by atoms with van der Waals surface area (Å²) in [4.78, 5) is 14.0. The Morgan fingerprint density at radius 3 is 3.00 bits per heavy atom. The van der Waals surface area contributed by atoms with E-state index in [0.717, 1.165) is 12.3 Å². The molecule has 0 spiro atoms. The average molecular weight is 190 g/mol.